The summed E-state index contributed by atoms with van der Waals surface area (Å²) in [5.41, 5.74) is 3.22. The van der Waals surface area contributed by atoms with E-state index >= 15 is 0 Å². The van der Waals surface area contributed by atoms with Crippen LogP contribution in [0.2, 0.25) is 0 Å². The zero-order valence-corrected chi connectivity index (χ0v) is 18.9. The maximum Gasteiger partial charge on any atom is 0.223 e. The number of aryl methyl sites for hydroxylation is 1. The molecule has 166 valence electrons. The smallest absolute Gasteiger partial charge is 0.223 e. The van der Waals surface area contributed by atoms with Crippen LogP contribution in [0.15, 0.2) is 24.3 Å². The molecule has 0 radical (unpaired) electrons. The van der Waals surface area contributed by atoms with Crippen molar-refractivity contribution in [2.24, 2.45) is 0 Å². The van der Waals surface area contributed by atoms with Crippen molar-refractivity contribution in [2.75, 3.05) is 46.2 Å². The van der Waals surface area contributed by atoms with Crippen molar-refractivity contribution < 1.29 is 9.53 Å². The lowest BCUT2D eigenvalue weighted by atomic mass is 9.96. The van der Waals surface area contributed by atoms with Crippen LogP contribution in [0.5, 0.6) is 5.75 Å². The summed E-state index contributed by atoms with van der Waals surface area (Å²) in [6.45, 7) is 3.40. The highest BCUT2D eigenvalue weighted by molar-refractivity contribution is 5.77. The summed E-state index contributed by atoms with van der Waals surface area (Å²) >= 11 is 0. The molecule has 0 bridgehead atoms. The minimum absolute atomic E-state index is 0.167. The number of nitrogens with one attached hydrogen (secondary N) is 1. The van der Waals surface area contributed by atoms with Gasteiger partial charge in [-0.25, -0.2) is 9.97 Å². The Morgan fingerprint density at radius 2 is 2.10 bits per heavy atom. The van der Waals surface area contributed by atoms with Crippen molar-refractivity contribution in [3.8, 4) is 5.75 Å². The molecule has 1 N–H and O–H groups in total. The molecule has 1 saturated heterocycles. The Morgan fingerprint density at radius 3 is 2.87 bits per heavy atom. The predicted octanol–water partition coefficient (Wildman–Crippen LogP) is 2.85. The molecule has 1 amide bonds. The highest BCUT2D eigenvalue weighted by Gasteiger charge is 2.28. The van der Waals surface area contributed by atoms with Crippen LogP contribution in [-0.2, 0) is 24.2 Å². The minimum atomic E-state index is 0.167. The molecule has 0 saturated carbocycles. The number of anilines is 1. The number of carbonyl (C=O) groups excluding carboxylic acids is 1. The Morgan fingerprint density at radius 1 is 1.26 bits per heavy atom. The molecule has 3 heterocycles. The predicted molar refractivity (Wildman–Crippen MR) is 121 cm³/mol. The van der Waals surface area contributed by atoms with Crippen molar-refractivity contribution >= 4 is 11.7 Å². The summed E-state index contributed by atoms with van der Waals surface area (Å²) in [6.07, 6.45) is 4.23. The van der Waals surface area contributed by atoms with Crippen LogP contribution in [-0.4, -0.2) is 66.5 Å². The average Bonchev–Trinajstić information content (AvgIpc) is 2.81. The molecule has 2 aromatic rings. The molecule has 7 heteroatoms. The van der Waals surface area contributed by atoms with Gasteiger partial charge in [0.15, 0.2) is 0 Å². The molecule has 31 heavy (non-hydrogen) atoms. The number of para-hydroxylation sites is 1. The number of piperidine rings is 1. The van der Waals surface area contributed by atoms with E-state index in [-0.39, 0.29) is 5.91 Å². The van der Waals surface area contributed by atoms with E-state index in [9.17, 15) is 4.79 Å². The van der Waals surface area contributed by atoms with Gasteiger partial charge in [0.1, 0.15) is 17.4 Å². The maximum absolute atomic E-state index is 13.0. The molecule has 4 rings (SSSR count). The number of rotatable bonds is 6. The molecule has 1 aromatic heterocycles. The third-order valence-corrected chi connectivity index (χ3v) is 6.46. The summed E-state index contributed by atoms with van der Waals surface area (Å²) in [4.78, 5) is 27.1. The zero-order chi connectivity index (χ0) is 21.8. The van der Waals surface area contributed by atoms with E-state index in [1.807, 2.05) is 36.2 Å². The Balaban J connectivity index is 1.47. The fourth-order valence-electron chi connectivity index (χ4n) is 4.74. The van der Waals surface area contributed by atoms with Crippen LogP contribution in [0, 0.1) is 0 Å². The van der Waals surface area contributed by atoms with Gasteiger partial charge in [0.2, 0.25) is 5.91 Å². The van der Waals surface area contributed by atoms with Crippen molar-refractivity contribution in [3.63, 3.8) is 0 Å². The van der Waals surface area contributed by atoms with Crippen LogP contribution in [0.1, 0.15) is 47.8 Å². The van der Waals surface area contributed by atoms with Crippen LogP contribution in [0.4, 0.5) is 5.82 Å². The molecule has 1 atom stereocenters. The first kappa shape index (κ1) is 21.6. The van der Waals surface area contributed by atoms with Gasteiger partial charge in [0, 0.05) is 38.0 Å². The van der Waals surface area contributed by atoms with Gasteiger partial charge in [-0.15, -0.1) is 0 Å². The van der Waals surface area contributed by atoms with E-state index in [0.29, 0.717) is 31.8 Å². The summed E-state index contributed by atoms with van der Waals surface area (Å²) in [6, 6.07) is 7.90. The van der Waals surface area contributed by atoms with Crippen molar-refractivity contribution in [3.05, 3.63) is 46.9 Å². The number of hydrogen-bond acceptors (Lipinski definition) is 6. The lowest BCUT2D eigenvalue weighted by molar-refractivity contribution is -0.132. The Labute approximate surface area is 184 Å². The molecule has 2 aliphatic heterocycles. The number of methoxy groups -OCH3 is 1. The van der Waals surface area contributed by atoms with Gasteiger partial charge in [-0.3, -0.25) is 4.79 Å². The van der Waals surface area contributed by atoms with Gasteiger partial charge < -0.3 is 19.9 Å². The largest absolute Gasteiger partial charge is 0.496 e. The van der Waals surface area contributed by atoms with E-state index < -0.39 is 0 Å². The number of aromatic nitrogens is 2. The normalized spacial score (nSPS) is 19.1. The molecule has 2 aliphatic rings. The quantitative estimate of drug-likeness (QED) is 0.771. The molecule has 0 spiro atoms. The van der Waals surface area contributed by atoms with E-state index in [2.05, 4.69) is 17.3 Å². The third kappa shape index (κ3) is 4.82. The third-order valence-electron chi connectivity index (χ3n) is 6.46. The number of likely N-dealkylation sites (tertiary alicyclic amines) is 1. The van der Waals surface area contributed by atoms with Crippen molar-refractivity contribution in [1.82, 2.24) is 19.8 Å². The number of nitrogens with zero attached hydrogens (tertiary/aromatic N) is 4. The van der Waals surface area contributed by atoms with Crippen LogP contribution in [0.25, 0.3) is 0 Å². The fourth-order valence-corrected chi connectivity index (χ4v) is 4.74. The molecule has 1 aromatic carbocycles. The second-order valence-electron chi connectivity index (χ2n) is 8.58. The van der Waals surface area contributed by atoms with Crippen LogP contribution < -0.4 is 10.1 Å². The van der Waals surface area contributed by atoms with Gasteiger partial charge in [0.05, 0.1) is 19.3 Å². The first-order chi connectivity index (χ1) is 15.1. The lowest BCUT2D eigenvalue weighted by Gasteiger charge is -2.32. The summed E-state index contributed by atoms with van der Waals surface area (Å²) < 4.78 is 5.42. The molecule has 7 nitrogen and oxygen atoms in total. The second-order valence-corrected chi connectivity index (χ2v) is 8.58. The fraction of sp³-hybridized carbons (Fsp3) is 0.542. The molecule has 1 fully saturated rings. The first-order valence-corrected chi connectivity index (χ1v) is 11.2. The standard InChI is InChI=1S/C24H33N5O2/c1-25-24-19-12-14-29(22(30)11-10-17-7-4-5-9-21(17)31-3)16-20(19)26-23(27-24)18-8-6-13-28(2)15-18/h4-5,7,9,18H,6,8,10-16H2,1-3H3,(H,25,26,27). The Kier molecular flexibility index (Phi) is 6.70. The zero-order valence-electron chi connectivity index (χ0n) is 18.9. The molecule has 1 unspecified atom stereocenters. The summed E-state index contributed by atoms with van der Waals surface area (Å²) in [5, 5.41) is 3.27. The number of hydrogen-bond donors (Lipinski definition) is 1. The van der Waals surface area contributed by atoms with E-state index in [0.717, 1.165) is 60.1 Å². The average molecular weight is 424 g/mol. The van der Waals surface area contributed by atoms with E-state index in [1.165, 1.54) is 6.42 Å². The second kappa shape index (κ2) is 9.64. The van der Waals surface area contributed by atoms with Crippen molar-refractivity contribution in [1.29, 1.82) is 0 Å². The molecular weight excluding hydrogens is 390 g/mol. The number of ether oxygens (including phenoxy) is 1. The minimum Gasteiger partial charge on any atom is -0.496 e. The Hall–Kier alpha value is -2.67. The molecular formula is C24H33N5O2. The van der Waals surface area contributed by atoms with Gasteiger partial charge in [-0.05, 0) is 50.9 Å². The number of likely N-dealkylation sites (N-methyl/N-ethyl adjacent to an activating group) is 1. The van der Waals surface area contributed by atoms with Gasteiger partial charge in [0.25, 0.3) is 0 Å². The topological polar surface area (TPSA) is 70.6 Å². The van der Waals surface area contributed by atoms with E-state index in [1.54, 1.807) is 7.11 Å². The SMILES string of the molecule is CNc1nc(C2CCCN(C)C2)nc2c1CCN(C(=O)CCc1ccccc1OC)C2. The van der Waals surface area contributed by atoms with Crippen LogP contribution >= 0.6 is 0 Å². The lowest BCUT2D eigenvalue weighted by Crippen LogP contribution is -2.38. The van der Waals surface area contributed by atoms with Gasteiger partial charge in [-0.1, -0.05) is 18.2 Å². The first-order valence-electron chi connectivity index (χ1n) is 11.2. The highest BCUT2D eigenvalue weighted by atomic mass is 16.5. The maximum atomic E-state index is 13.0. The monoisotopic (exact) mass is 423 g/mol. The van der Waals surface area contributed by atoms with Gasteiger partial charge >= 0.3 is 0 Å². The molecule has 0 aliphatic carbocycles. The van der Waals surface area contributed by atoms with Gasteiger partial charge in [-0.2, -0.15) is 0 Å². The number of fused-ring (bicyclic) bond motifs is 1. The van der Waals surface area contributed by atoms with Crippen LogP contribution in [0.3, 0.4) is 0 Å². The number of benzene rings is 1. The van der Waals surface area contributed by atoms with E-state index in [4.69, 9.17) is 14.7 Å². The summed E-state index contributed by atoms with van der Waals surface area (Å²) in [7, 11) is 5.75. The summed E-state index contributed by atoms with van der Waals surface area (Å²) in [5.74, 6) is 3.20. The van der Waals surface area contributed by atoms with Crippen molar-refractivity contribution in [2.45, 2.75) is 44.6 Å². The number of carbonyl (C=O) groups is 1. The number of amides is 1. The highest BCUT2D eigenvalue weighted by Crippen LogP contribution is 2.30. The Bertz CT molecular complexity index is 932.